The van der Waals surface area contributed by atoms with E-state index in [-0.39, 0.29) is 11.1 Å². The molecule has 0 saturated carbocycles. The maximum Gasteiger partial charge on any atom is 0.418 e. The molecule has 152 valence electrons. The van der Waals surface area contributed by atoms with E-state index >= 15 is 0 Å². The number of pyridine rings is 1. The average Bonchev–Trinajstić information content (AvgIpc) is 2.61. The van der Waals surface area contributed by atoms with Crippen molar-refractivity contribution in [3.8, 4) is 0 Å². The van der Waals surface area contributed by atoms with Crippen LogP contribution in [-0.4, -0.2) is 10.9 Å². The number of rotatable bonds is 2. The van der Waals surface area contributed by atoms with Crippen LogP contribution < -0.4 is 10.7 Å². The highest BCUT2D eigenvalue weighted by Gasteiger charge is 2.35. The van der Waals surface area contributed by atoms with Crippen molar-refractivity contribution < 1.29 is 31.1 Å². The lowest BCUT2D eigenvalue weighted by Crippen LogP contribution is -2.25. The molecule has 0 bridgehead atoms. The molecule has 2 aromatic carbocycles. The quantitative estimate of drug-likeness (QED) is 0.572. The van der Waals surface area contributed by atoms with Gasteiger partial charge in [-0.2, -0.15) is 26.3 Å². The second kappa shape index (κ2) is 6.94. The molecule has 3 rings (SSSR count). The lowest BCUT2D eigenvalue weighted by Gasteiger charge is -2.15. The fourth-order valence-electron chi connectivity index (χ4n) is 2.86. The number of carbonyl (C=O) groups is 1. The van der Waals surface area contributed by atoms with Crippen LogP contribution in [-0.2, 0) is 12.4 Å². The minimum atomic E-state index is -4.86. The van der Waals surface area contributed by atoms with Gasteiger partial charge < -0.3 is 10.3 Å². The molecule has 4 nitrogen and oxygen atoms in total. The van der Waals surface area contributed by atoms with Gasteiger partial charge in [0.25, 0.3) is 5.91 Å². The van der Waals surface area contributed by atoms with E-state index in [1.54, 1.807) is 0 Å². The SMILES string of the molecule is Cc1ccc(NC(=O)c2c[nH]c3cccc(C(F)(F)F)c3c2=O)c(C(F)(F)F)c1. The standard InChI is InChI=1S/C19H12F6N2O2/c1-9-5-6-13(12(7-9)19(23,24)25)27-17(29)10-8-26-14-4-2-3-11(18(20,21)22)15(14)16(10)28/h2-8H,1H3,(H,26,28)(H,27,29). The molecule has 0 aliphatic carbocycles. The van der Waals surface area contributed by atoms with Crippen molar-refractivity contribution in [3.05, 3.63) is 75.1 Å². The van der Waals surface area contributed by atoms with E-state index in [1.807, 2.05) is 5.32 Å². The predicted molar refractivity (Wildman–Crippen MR) is 93.7 cm³/mol. The normalized spacial score (nSPS) is 12.2. The monoisotopic (exact) mass is 414 g/mol. The molecule has 29 heavy (non-hydrogen) atoms. The number of carbonyl (C=O) groups excluding carboxylic acids is 1. The molecule has 1 amide bonds. The molecule has 3 aromatic rings. The summed E-state index contributed by atoms with van der Waals surface area (Å²) in [4.78, 5) is 27.4. The maximum absolute atomic E-state index is 13.2. The fraction of sp³-hybridized carbons (Fsp3) is 0.158. The number of fused-ring (bicyclic) bond motifs is 1. The van der Waals surface area contributed by atoms with Crippen molar-refractivity contribution in [2.24, 2.45) is 0 Å². The Balaban J connectivity index is 2.11. The van der Waals surface area contributed by atoms with Gasteiger partial charge in [0, 0.05) is 11.7 Å². The lowest BCUT2D eigenvalue weighted by molar-refractivity contribution is -0.137. The van der Waals surface area contributed by atoms with Gasteiger partial charge in [0.15, 0.2) is 0 Å². The summed E-state index contributed by atoms with van der Waals surface area (Å²) in [7, 11) is 0. The smallest absolute Gasteiger partial charge is 0.360 e. The van der Waals surface area contributed by atoms with E-state index in [4.69, 9.17) is 0 Å². The number of hydrogen-bond donors (Lipinski definition) is 2. The summed E-state index contributed by atoms with van der Waals surface area (Å²) in [5.41, 5.74) is -4.87. The Bertz CT molecular complexity index is 1160. The summed E-state index contributed by atoms with van der Waals surface area (Å²) in [6.07, 6.45) is -8.78. The minimum Gasteiger partial charge on any atom is -0.360 e. The van der Waals surface area contributed by atoms with Crippen molar-refractivity contribution in [1.29, 1.82) is 0 Å². The number of anilines is 1. The Kier molecular flexibility index (Phi) is 4.89. The molecule has 0 unspecified atom stereocenters. The van der Waals surface area contributed by atoms with Crippen LogP contribution in [0.5, 0.6) is 0 Å². The van der Waals surface area contributed by atoms with Gasteiger partial charge in [0.1, 0.15) is 5.56 Å². The third kappa shape index (κ3) is 3.96. The highest BCUT2D eigenvalue weighted by Crippen LogP contribution is 2.36. The van der Waals surface area contributed by atoms with Crippen LogP contribution in [0.3, 0.4) is 0 Å². The molecule has 0 aliphatic rings. The van der Waals surface area contributed by atoms with Crippen molar-refractivity contribution in [1.82, 2.24) is 4.98 Å². The summed E-state index contributed by atoms with van der Waals surface area (Å²) >= 11 is 0. The average molecular weight is 414 g/mol. The van der Waals surface area contributed by atoms with E-state index in [0.717, 1.165) is 24.4 Å². The fourth-order valence-corrected chi connectivity index (χ4v) is 2.86. The number of H-pyrrole nitrogens is 1. The number of halogens is 6. The lowest BCUT2D eigenvalue weighted by atomic mass is 10.0. The molecule has 10 heteroatoms. The van der Waals surface area contributed by atoms with E-state index < -0.39 is 51.5 Å². The number of aromatic nitrogens is 1. The molecule has 1 heterocycles. The van der Waals surface area contributed by atoms with Gasteiger partial charge in [0.05, 0.1) is 22.2 Å². The Morgan fingerprint density at radius 1 is 0.966 bits per heavy atom. The van der Waals surface area contributed by atoms with Gasteiger partial charge in [-0.3, -0.25) is 9.59 Å². The number of hydrogen-bond acceptors (Lipinski definition) is 2. The van der Waals surface area contributed by atoms with Crippen molar-refractivity contribution in [2.75, 3.05) is 5.32 Å². The van der Waals surface area contributed by atoms with Crippen molar-refractivity contribution >= 4 is 22.5 Å². The van der Waals surface area contributed by atoms with Gasteiger partial charge in [0.2, 0.25) is 5.43 Å². The van der Waals surface area contributed by atoms with Crippen LogP contribution in [0.25, 0.3) is 10.9 Å². The number of alkyl halides is 6. The first kappa shape index (κ1) is 20.4. The Labute approximate surface area is 159 Å². The van der Waals surface area contributed by atoms with Crippen LogP contribution in [0.1, 0.15) is 27.0 Å². The molecule has 0 radical (unpaired) electrons. The number of aryl methyl sites for hydroxylation is 1. The molecule has 0 aliphatic heterocycles. The topological polar surface area (TPSA) is 62.0 Å². The first-order valence-electron chi connectivity index (χ1n) is 8.10. The minimum absolute atomic E-state index is 0.160. The zero-order chi connectivity index (χ0) is 21.6. The number of benzene rings is 2. The number of nitrogens with one attached hydrogen (secondary N) is 2. The zero-order valence-corrected chi connectivity index (χ0v) is 14.6. The van der Waals surface area contributed by atoms with Gasteiger partial charge >= 0.3 is 12.4 Å². The summed E-state index contributed by atoms with van der Waals surface area (Å²) in [6, 6.07) is 6.12. The highest BCUT2D eigenvalue weighted by molar-refractivity contribution is 6.06. The third-order valence-electron chi connectivity index (χ3n) is 4.19. The van der Waals surface area contributed by atoms with Gasteiger partial charge in [-0.25, -0.2) is 0 Å². The molecule has 0 saturated heterocycles. The molecular weight excluding hydrogens is 402 g/mol. The van der Waals surface area contributed by atoms with Crippen LogP contribution in [0.2, 0.25) is 0 Å². The first-order valence-corrected chi connectivity index (χ1v) is 8.10. The molecule has 2 N–H and O–H groups in total. The summed E-state index contributed by atoms with van der Waals surface area (Å²) < 4.78 is 79.3. The Morgan fingerprint density at radius 2 is 1.62 bits per heavy atom. The molecule has 0 spiro atoms. The van der Waals surface area contributed by atoms with Crippen LogP contribution >= 0.6 is 0 Å². The Hall–Kier alpha value is -3.30. The van der Waals surface area contributed by atoms with E-state index in [1.165, 1.54) is 19.1 Å². The van der Waals surface area contributed by atoms with Gasteiger partial charge in [-0.15, -0.1) is 0 Å². The van der Waals surface area contributed by atoms with Gasteiger partial charge in [-0.1, -0.05) is 17.7 Å². The van der Waals surface area contributed by atoms with E-state index in [9.17, 15) is 35.9 Å². The van der Waals surface area contributed by atoms with Crippen molar-refractivity contribution in [3.63, 3.8) is 0 Å². The van der Waals surface area contributed by atoms with Crippen molar-refractivity contribution in [2.45, 2.75) is 19.3 Å². The van der Waals surface area contributed by atoms with Crippen LogP contribution in [0.15, 0.2) is 47.4 Å². The Morgan fingerprint density at radius 3 is 2.24 bits per heavy atom. The van der Waals surface area contributed by atoms with E-state index in [0.29, 0.717) is 6.07 Å². The molecule has 0 fully saturated rings. The maximum atomic E-state index is 13.2. The largest absolute Gasteiger partial charge is 0.418 e. The van der Waals surface area contributed by atoms with E-state index in [2.05, 4.69) is 4.98 Å². The summed E-state index contributed by atoms with van der Waals surface area (Å²) in [6.45, 7) is 1.42. The summed E-state index contributed by atoms with van der Waals surface area (Å²) in [5, 5.41) is 1.19. The summed E-state index contributed by atoms with van der Waals surface area (Å²) in [5.74, 6) is -1.26. The second-order valence-electron chi connectivity index (χ2n) is 6.26. The zero-order valence-electron chi connectivity index (χ0n) is 14.6. The second-order valence-corrected chi connectivity index (χ2v) is 6.26. The third-order valence-corrected chi connectivity index (χ3v) is 4.19. The molecule has 0 atom stereocenters. The molecule has 1 aromatic heterocycles. The van der Waals surface area contributed by atoms with Gasteiger partial charge in [-0.05, 0) is 31.2 Å². The van der Waals surface area contributed by atoms with Crippen LogP contribution in [0, 0.1) is 6.92 Å². The predicted octanol–water partition coefficient (Wildman–Crippen LogP) is 5.13. The van der Waals surface area contributed by atoms with Crippen LogP contribution in [0.4, 0.5) is 32.0 Å². The highest BCUT2D eigenvalue weighted by atomic mass is 19.4. The number of amides is 1. The number of aromatic amines is 1. The first-order chi connectivity index (χ1) is 13.4. The molecular formula is C19H12F6N2O2.